The fourth-order valence-corrected chi connectivity index (χ4v) is 3.27. The Hall–Kier alpha value is -2.16. The standard InChI is InChI=1S/C23H30N2O/c1-7-22(3,4)15-13-16(20(26)17(14-15)23(5,6)8-2)21-24-18-11-9-10-12-19(18)25-21/h9-14,21,26H,7-8H2,1-6H3. The Balaban J connectivity index is 2.24. The van der Waals surface area contributed by atoms with Gasteiger partial charge in [-0.2, -0.15) is 0 Å². The van der Waals surface area contributed by atoms with E-state index in [0.29, 0.717) is 5.75 Å². The molecule has 3 heteroatoms. The van der Waals surface area contributed by atoms with Gasteiger partial charge in [-0.05, 0) is 47.4 Å². The van der Waals surface area contributed by atoms with Gasteiger partial charge in [0, 0.05) is 11.1 Å². The minimum Gasteiger partial charge on any atom is -0.507 e. The second-order valence-electron chi connectivity index (χ2n) is 8.56. The normalized spacial score (nSPS) is 14.7. The highest BCUT2D eigenvalue weighted by atomic mass is 16.3. The Kier molecular flexibility index (Phi) is 4.68. The van der Waals surface area contributed by atoms with Crippen LogP contribution in [0.25, 0.3) is 0 Å². The molecule has 3 rings (SSSR count). The molecule has 0 fully saturated rings. The number of rotatable bonds is 5. The lowest BCUT2D eigenvalue weighted by Crippen LogP contribution is -2.21. The predicted molar refractivity (Wildman–Crippen MR) is 106 cm³/mol. The first-order chi connectivity index (χ1) is 12.2. The second-order valence-corrected chi connectivity index (χ2v) is 8.56. The quantitative estimate of drug-likeness (QED) is 0.833. The number of hydrogen-bond donors (Lipinski definition) is 1. The second kappa shape index (κ2) is 6.53. The summed E-state index contributed by atoms with van der Waals surface area (Å²) in [5.41, 5.74) is 2.98. The molecule has 1 aliphatic heterocycles. The third kappa shape index (κ3) is 3.15. The van der Waals surface area contributed by atoms with Crippen LogP contribution in [0.15, 0.2) is 46.4 Å². The van der Waals surface area contributed by atoms with E-state index in [1.807, 2.05) is 24.3 Å². The monoisotopic (exact) mass is 350 g/mol. The number of phenols is 1. The smallest absolute Gasteiger partial charge is 0.170 e. The van der Waals surface area contributed by atoms with Crippen LogP contribution in [-0.2, 0) is 10.8 Å². The maximum Gasteiger partial charge on any atom is 0.170 e. The van der Waals surface area contributed by atoms with Crippen molar-refractivity contribution in [1.82, 2.24) is 0 Å². The molecule has 0 aromatic heterocycles. The number of hydrogen-bond acceptors (Lipinski definition) is 3. The summed E-state index contributed by atoms with van der Waals surface area (Å²) in [6.07, 6.45) is 1.61. The fraction of sp³-hybridized carbons (Fsp3) is 0.478. The SMILES string of the molecule is CCC(C)(C)c1cc(C2N=c3ccccc3=N2)c(O)c(C(C)(C)CC)c1. The van der Waals surface area contributed by atoms with Gasteiger partial charge in [0.2, 0.25) is 0 Å². The molecule has 0 unspecified atom stereocenters. The molecule has 0 spiro atoms. The van der Waals surface area contributed by atoms with Gasteiger partial charge in [-0.3, -0.25) is 9.98 Å². The molecule has 3 nitrogen and oxygen atoms in total. The number of aromatic hydroxyl groups is 1. The van der Waals surface area contributed by atoms with Crippen molar-refractivity contribution in [3.05, 3.63) is 63.8 Å². The molecule has 0 atom stereocenters. The van der Waals surface area contributed by atoms with Gasteiger partial charge in [0.15, 0.2) is 6.17 Å². The Bertz CT molecular complexity index is 906. The number of para-hydroxylation sites is 2. The molecule has 26 heavy (non-hydrogen) atoms. The molecule has 0 aliphatic carbocycles. The summed E-state index contributed by atoms with van der Waals surface area (Å²) in [6, 6.07) is 12.2. The van der Waals surface area contributed by atoms with Gasteiger partial charge in [-0.1, -0.05) is 59.7 Å². The van der Waals surface area contributed by atoms with Crippen LogP contribution in [0.1, 0.15) is 77.2 Å². The third-order valence-electron chi connectivity index (χ3n) is 6.10. The van der Waals surface area contributed by atoms with E-state index in [9.17, 15) is 5.11 Å². The van der Waals surface area contributed by atoms with Gasteiger partial charge in [0.1, 0.15) is 5.75 Å². The van der Waals surface area contributed by atoms with E-state index < -0.39 is 0 Å². The van der Waals surface area contributed by atoms with Gasteiger partial charge >= 0.3 is 0 Å². The molecule has 0 saturated carbocycles. The van der Waals surface area contributed by atoms with Crippen molar-refractivity contribution in [3.8, 4) is 5.75 Å². The Labute approximate surface area is 156 Å². The zero-order chi connectivity index (χ0) is 19.1. The van der Waals surface area contributed by atoms with Crippen molar-refractivity contribution >= 4 is 0 Å². The number of nitrogens with zero attached hydrogens (tertiary/aromatic N) is 2. The van der Waals surface area contributed by atoms with Crippen molar-refractivity contribution < 1.29 is 5.11 Å². The van der Waals surface area contributed by atoms with Crippen molar-refractivity contribution in [1.29, 1.82) is 0 Å². The van der Waals surface area contributed by atoms with E-state index in [4.69, 9.17) is 9.98 Å². The predicted octanol–water partition coefficient (Wildman–Crippen LogP) is 4.72. The van der Waals surface area contributed by atoms with Crippen LogP contribution >= 0.6 is 0 Å². The highest BCUT2D eigenvalue weighted by molar-refractivity contribution is 5.50. The first-order valence-electron chi connectivity index (χ1n) is 9.58. The molecule has 1 heterocycles. The molecule has 138 valence electrons. The average molecular weight is 351 g/mol. The van der Waals surface area contributed by atoms with Gasteiger partial charge in [0.05, 0.1) is 10.7 Å². The topological polar surface area (TPSA) is 45.0 Å². The molecule has 0 bridgehead atoms. The van der Waals surface area contributed by atoms with Crippen molar-refractivity contribution in [2.24, 2.45) is 9.98 Å². The zero-order valence-electron chi connectivity index (χ0n) is 16.8. The maximum absolute atomic E-state index is 11.1. The zero-order valence-corrected chi connectivity index (χ0v) is 16.8. The molecule has 2 aromatic carbocycles. The van der Waals surface area contributed by atoms with Crippen LogP contribution in [0.5, 0.6) is 5.75 Å². The van der Waals surface area contributed by atoms with Crippen LogP contribution in [0.2, 0.25) is 0 Å². The van der Waals surface area contributed by atoms with E-state index >= 15 is 0 Å². The molecule has 0 saturated heterocycles. The van der Waals surface area contributed by atoms with Crippen LogP contribution in [-0.4, -0.2) is 5.11 Å². The van der Waals surface area contributed by atoms with Crippen molar-refractivity contribution in [2.45, 2.75) is 71.4 Å². The molecule has 0 radical (unpaired) electrons. The molecule has 0 amide bonds. The fourth-order valence-electron chi connectivity index (χ4n) is 3.27. The lowest BCUT2D eigenvalue weighted by Gasteiger charge is -2.31. The first kappa shape index (κ1) is 18.6. The molecular formula is C23H30N2O. The summed E-state index contributed by atoms with van der Waals surface area (Å²) in [4.78, 5) is 9.51. The third-order valence-corrected chi connectivity index (χ3v) is 6.10. The van der Waals surface area contributed by atoms with Gasteiger partial charge in [0.25, 0.3) is 0 Å². The number of benzene rings is 2. The van der Waals surface area contributed by atoms with Crippen LogP contribution in [0.4, 0.5) is 0 Å². The summed E-state index contributed by atoms with van der Waals surface area (Å²) < 4.78 is 0. The lowest BCUT2D eigenvalue weighted by atomic mass is 9.75. The minimum absolute atomic E-state index is 0.0342. The van der Waals surface area contributed by atoms with Gasteiger partial charge in [-0.15, -0.1) is 0 Å². The Morgan fingerprint density at radius 2 is 1.42 bits per heavy atom. The summed E-state index contributed by atoms with van der Waals surface area (Å²) >= 11 is 0. The van der Waals surface area contributed by atoms with Crippen molar-refractivity contribution in [3.63, 3.8) is 0 Å². The summed E-state index contributed by atoms with van der Waals surface area (Å²) in [6.45, 7) is 13.2. The maximum atomic E-state index is 11.1. The van der Waals surface area contributed by atoms with E-state index in [1.165, 1.54) is 5.56 Å². The highest BCUT2D eigenvalue weighted by Gasteiger charge is 2.30. The molecule has 1 N–H and O–H groups in total. The van der Waals surface area contributed by atoms with Gasteiger partial charge in [-0.25, -0.2) is 0 Å². The Morgan fingerprint density at radius 1 is 0.885 bits per heavy atom. The Morgan fingerprint density at radius 3 is 1.92 bits per heavy atom. The van der Waals surface area contributed by atoms with E-state index in [1.54, 1.807) is 0 Å². The largest absolute Gasteiger partial charge is 0.507 e. The van der Waals surface area contributed by atoms with E-state index in [2.05, 4.69) is 53.7 Å². The average Bonchev–Trinajstić information content (AvgIpc) is 3.05. The number of fused-ring (bicyclic) bond motifs is 1. The first-order valence-corrected chi connectivity index (χ1v) is 9.58. The highest BCUT2D eigenvalue weighted by Crippen LogP contribution is 2.43. The van der Waals surface area contributed by atoms with Gasteiger partial charge < -0.3 is 5.11 Å². The van der Waals surface area contributed by atoms with Crippen LogP contribution in [0, 0.1) is 0 Å². The van der Waals surface area contributed by atoms with E-state index in [0.717, 1.165) is 34.7 Å². The van der Waals surface area contributed by atoms with Crippen LogP contribution < -0.4 is 10.7 Å². The summed E-state index contributed by atoms with van der Waals surface area (Å²) in [7, 11) is 0. The summed E-state index contributed by atoms with van der Waals surface area (Å²) in [5, 5.41) is 12.9. The number of phenolic OH excluding ortho intramolecular Hbond substituents is 1. The minimum atomic E-state index is -0.369. The van der Waals surface area contributed by atoms with Crippen molar-refractivity contribution in [2.75, 3.05) is 0 Å². The van der Waals surface area contributed by atoms with Crippen LogP contribution in [0.3, 0.4) is 0 Å². The molecule has 2 aromatic rings. The molecule has 1 aliphatic rings. The lowest BCUT2D eigenvalue weighted by molar-refractivity contribution is 0.416. The van der Waals surface area contributed by atoms with E-state index in [-0.39, 0.29) is 17.0 Å². The molecular weight excluding hydrogens is 320 g/mol. The summed E-state index contributed by atoms with van der Waals surface area (Å²) in [5.74, 6) is 0.345.